The highest BCUT2D eigenvalue weighted by Gasteiger charge is 2.21. The Morgan fingerprint density at radius 1 is 1.07 bits per heavy atom. The van der Waals surface area contributed by atoms with Gasteiger partial charge in [-0.15, -0.1) is 0 Å². The van der Waals surface area contributed by atoms with Crippen molar-refractivity contribution in [2.45, 2.75) is 39.7 Å². The molecule has 30 heavy (non-hydrogen) atoms. The molecular formula is C24H31N3O3. The van der Waals surface area contributed by atoms with Crippen molar-refractivity contribution >= 4 is 23.2 Å². The van der Waals surface area contributed by atoms with E-state index in [4.69, 9.17) is 4.74 Å². The number of carbonyl (C=O) groups is 2. The summed E-state index contributed by atoms with van der Waals surface area (Å²) in [6.45, 7) is 7.86. The number of hydrogen-bond acceptors (Lipinski definition) is 4. The smallest absolute Gasteiger partial charge is 0.253 e. The maximum atomic E-state index is 12.8. The molecule has 0 spiro atoms. The highest BCUT2D eigenvalue weighted by atomic mass is 16.5. The van der Waals surface area contributed by atoms with Crippen LogP contribution in [0.2, 0.25) is 0 Å². The van der Waals surface area contributed by atoms with Crippen molar-refractivity contribution in [2.75, 3.05) is 30.3 Å². The lowest BCUT2D eigenvalue weighted by molar-refractivity contribution is -0.114. The van der Waals surface area contributed by atoms with Crippen LogP contribution >= 0.6 is 0 Å². The summed E-state index contributed by atoms with van der Waals surface area (Å²) in [5.41, 5.74) is 2.08. The van der Waals surface area contributed by atoms with Crippen LogP contribution in [0.5, 0.6) is 5.75 Å². The zero-order chi connectivity index (χ0) is 21.5. The first-order chi connectivity index (χ1) is 14.4. The van der Waals surface area contributed by atoms with Crippen LogP contribution in [-0.2, 0) is 4.79 Å². The molecule has 1 aliphatic rings. The van der Waals surface area contributed by atoms with Crippen LogP contribution in [0.15, 0.2) is 48.5 Å². The molecule has 2 N–H and O–H groups in total. The summed E-state index contributed by atoms with van der Waals surface area (Å²) < 4.78 is 5.65. The fourth-order valence-corrected chi connectivity index (χ4v) is 3.46. The van der Waals surface area contributed by atoms with Crippen LogP contribution in [-0.4, -0.2) is 42.5 Å². The zero-order valence-corrected chi connectivity index (χ0v) is 18.0. The molecular weight excluding hydrogens is 378 g/mol. The Morgan fingerprint density at radius 2 is 1.77 bits per heavy atom. The minimum atomic E-state index is -0.168. The second-order valence-corrected chi connectivity index (χ2v) is 8.15. The summed E-state index contributed by atoms with van der Waals surface area (Å²) in [5, 5.41) is 5.97. The molecule has 0 bridgehead atoms. The van der Waals surface area contributed by atoms with Gasteiger partial charge in [-0.05, 0) is 62.9 Å². The van der Waals surface area contributed by atoms with Crippen LogP contribution in [0.3, 0.4) is 0 Å². The predicted molar refractivity (Wildman–Crippen MR) is 120 cm³/mol. The number of anilines is 2. The van der Waals surface area contributed by atoms with Crippen molar-refractivity contribution in [1.82, 2.24) is 4.90 Å². The van der Waals surface area contributed by atoms with Crippen LogP contribution in [0, 0.1) is 5.92 Å². The summed E-state index contributed by atoms with van der Waals surface area (Å²) >= 11 is 0. The Labute approximate surface area is 178 Å². The van der Waals surface area contributed by atoms with E-state index in [0.717, 1.165) is 31.6 Å². The molecule has 1 aliphatic heterocycles. The molecule has 2 amide bonds. The van der Waals surface area contributed by atoms with Crippen molar-refractivity contribution in [3.8, 4) is 5.75 Å². The number of hydrogen-bond donors (Lipinski definition) is 2. The van der Waals surface area contributed by atoms with Crippen LogP contribution < -0.4 is 15.4 Å². The molecule has 0 atom stereocenters. The summed E-state index contributed by atoms with van der Waals surface area (Å²) in [4.78, 5) is 27.0. The molecule has 160 valence electrons. The average Bonchev–Trinajstić information content (AvgIpc) is 2.72. The van der Waals surface area contributed by atoms with Gasteiger partial charge in [-0.1, -0.05) is 19.1 Å². The minimum absolute atomic E-state index is 0.0527. The summed E-state index contributed by atoms with van der Waals surface area (Å²) in [6, 6.07) is 14.7. The van der Waals surface area contributed by atoms with E-state index in [1.807, 2.05) is 61.2 Å². The van der Waals surface area contributed by atoms with Gasteiger partial charge in [0.1, 0.15) is 5.75 Å². The number of carbonyl (C=O) groups excluding carboxylic acids is 2. The Kier molecular flexibility index (Phi) is 7.33. The van der Waals surface area contributed by atoms with Crippen LogP contribution in [0.25, 0.3) is 0 Å². The number of benzene rings is 2. The first kappa shape index (κ1) is 21.7. The molecule has 6 nitrogen and oxygen atoms in total. The quantitative estimate of drug-likeness (QED) is 0.711. The van der Waals surface area contributed by atoms with Gasteiger partial charge in [0.25, 0.3) is 5.91 Å². The summed E-state index contributed by atoms with van der Waals surface area (Å²) in [6.07, 6.45) is 2.17. The number of piperidine rings is 1. The Hall–Kier alpha value is -3.02. The van der Waals surface area contributed by atoms with Gasteiger partial charge >= 0.3 is 0 Å². The number of nitrogens with zero attached hydrogens (tertiary/aromatic N) is 1. The predicted octanol–water partition coefficient (Wildman–Crippen LogP) is 4.40. The molecule has 0 saturated carbocycles. The lowest BCUT2D eigenvalue weighted by Gasteiger charge is -2.30. The SMILES string of the molecule is CC1CCN(C(=O)c2cccc(NCC(=O)Nc3cccc(OC(C)C)c3)c2)CC1. The van der Waals surface area contributed by atoms with Crippen molar-refractivity contribution in [3.63, 3.8) is 0 Å². The third-order valence-electron chi connectivity index (χ3n) is 5.12. The third-order valence-corrected chi connectivity index (χ3v) is 5.12. The monoisotopic (exact) mass is 409 g/mol. The van der Waals surface area contributed by atoms with E-state index in [0.29, 0.717) is 22.9 Å². The summed E-state index contributed by atoms with van der Waals surface area (Å²) in [5.74, 6) is 1.28. The van der Waals surface area contributed by atoms with E-state index < -0.39 is 0 Å². The molecule has 1 saturated heterocycles. The molecule has 0 aromatic heterocycles. The Morgan fingerprint density at radius 3 is 2.50 bits per heavy atom. The molecule has 2 aromatic rings. The first-order valence-corrected chi connectivity index (χ1v) is 10.6. The highest BCUT2D eigenvalue weighted by Crippen LogP contribution is 2.20. The molecule has 2 aromatic carbocycles. The van der Waals surface area contributed by atoms with E-state index >= 15 is 0 Å². The van der Waals surface area contributed by atoms with Crippen LogP contribution in [0.4, 0.5) is 11.4 Å². The maximum Gasteiger partial charge on any atom is 0.253 e. The number of rotatable bonds is 7. The van der Waals surface area contributed by atoms with Gasteiger partial charge in [-0.3, -0.25) is 9.59 Å². The van der Waals surface area contributed by atoms with Crippen molar-refractivity contribution < 1.29 is 14.3 Å². The van der Waals surface area contributed by atoms with Gasteiger partial charge in [0.15, 0.2) is 0 Å². The molecule has 1 fully saturated rings. The fourth-order valence-electron chi connectivity index (χ4n) is 3.46. The van der Waals surface area contributed by atoms with Gasteiger partial charge in [0.05, 0.1) is 12.6 Å². The third kappa shape index (κ3) is 6.24. The number of ether oxygens (including phenoxy) is 1. The molecule has 6 heteroatoms. The van der Waals surface area contributed by atoms with Crippen molar-refractivity contribution in [3.05, 3.63) is 54.1 Å². The number of likely N-dealkylation sites (tertiary alicyclic amines) is 1. The van der Waals surface area contributed by atoms with Crippen molar-refractivity contribution in [1.29, 1.82) is 0 Å². The standard InChI is InChI=1S/C24H31N3O3/c1-17(2)30-22-9-5-8-21(15-22)26-23(28)16-25-20-7-4-6-19(14-20)24(29)27-12-10-18(3)11-13-27/h4-9,14-15,17-18,25H,10-13,16H2,1-3H3,(H,26,28). The Bertz CT molecular complexity index is 874. The topological polar surface area (TPSA) is 70.7 Å². The normalized spacial score (nSPS) is 14.5. The van der Waals surface area contributed by atoms with Gasteiger partial charge in [0, 0.05) is 36.1 Å². The highest BCUT2D eigenvalue weighted by molar-refractivity contribution is 5.96. The maximum absolute atomic E-state index is 12.8. The molecule has 3 rings (SSSR count). The van der Waals surface area contributed by atoms with Gasteiger partial charge in [-0.25, -0.2) is 0 Å². The van der Waals surface area contributed by atoms with E-state index in [-0.39, 0.29) is 24.5 Å². The molecule has 0 radical (unpaired) electrons. The van der Waals surface area contributed by atoms with E-state index in [1.54, 1.807) is 6.07 Å². The number of amides is 2. The van der Waals surface area contributed by atoms with Crippen molar-refractivity contribution in [2.24, 2.45) is 5.92 Å². The number of nitrogens with one attached hydrogen (secondary N) is 2. The second-order valence-electron chi connectivity index (χ2n) is 8.15. The minimum Gasteiger partial charge on any atom is -0.491 e. The molecule has 1 heterocycles. The summed E-state index contributed by atoms with van der Waals surface area (Å²) in [7, 11) is 0. The van der Waals surface area contributed by atoms with Gasteiger partial charge in [0.2, 0.25) is 5.91 Å². The average molecular weight is 410 g/mol. The Balaban J connectivity index is 1.54. The van der Waals surface area contributed by atoms with E-state index in [1.165, 1.54) is 0 Å². The van der Waals surface area contributed by atoms with Gasteiger partial charge < -0.3 is 20.3 Å². The first-order valence-electron chi connectivity index (χ1n) is 10.6. The lowest BCUT2D eigenvalue weighted by Crippen LogP contribution is -2.37. The molecule has 0 aliphatic carbocycles. The zero-order valence-electron chi connectivity index (χ0n) is 18.0. The molecule has 0 unspecified atom stereocenters. The van der Waals surface area contributed by atoms with Crippen LogP contribution in [0.1, 0.15) is 44.0 Å². The second kappa shape index (κ2) is 10.1. The van der Waals surface area contributed by atoms with Gasteiger partial charge in [-0.2, -0.15) is 0 Å². The largest absolute Gasteiger partial charge is 0.491 e. The van der Waals surface area contributed by atoms with E-state index in [9.17, 15) is 9.59 Å². The van der Waals surface area contributed by atoms with E-state index in [2.05, 4.69) is 17.6 Å². The lowest BCUT2D eigenvalue weighted by atomic mass is 9.98. The fraction of sp³-hybridized carbons (Fsp3) is 0.417.